The van der Waals surface area contributed by atoms with Crippen molar-refractivity contribution in [1.29, 1.82) is 0 Å². The van der Waals surface area contributed by atoms with E-state index in [1.54, 1.807) is 0 Å². The molecule has 2 heteroatoms. The van der Waals surface area contributed by atoms with Crippen LogP contribution in [0.25, 0.3) is 10.8 Å². The molecule has 2 aromatic heterocycles. The lowest BCUT2D eigenvalue weighted by molar-refractivity contribution is 0.946. The summed E-state index contributed by atoms with van der Waals surface area (Å²) in [7, 11) is 0. The molecule has 0 radical (unpaired) electrons. The summed E-state index contributed by atoms with van der Waals surface area (Å²) in [5.41, 5.74) is 8.74. The first-order valence-electron chi connectivity index (χ1n) is 9.93. The van der Waals surface area contributed by atoms with E-state index in [0.29, 0.717) is 0 Å². The molecule has 0 atom stereocenters. The van der Waals surface area contributed by atoms with E-state index in [-0.39, 0.29) is 0 Å². The van der Waals surface area contributed by atoms with Gasteiger partial charge in [0.15, 0.2) is 0 Å². The van der Waals surface area contributed by atoms with Gasteiger partial charge in [-0.3, -0.25) is 9.97 Å². The van der Waals surface area contributed by atoms with Gasteiger partial charge >= 0.3 is 0 Å². The third-order valence-corrected chi connectivity index (χ3v) is 5.50. The summed E-state index contributed by atoms with van der Waals surface area (Å²) < 4.78 is 0. The van der Waals surface area contributed by atoms with E-state index < -0.39 is 0 Å². The number of nitrogens with zero attached hydrogens (tertiary/aromatic N) is 2. The summed E-state index contributed by atoms with van der Waals surface area (Å²) in [6, 6.07) is 19.8. The fourth-order valence-corrected chi connectivity index (χ4v) is 3.91. The number of fused-ring (bicyclic) bond motifs is 1. The first-order chi connectivity index (χ1) is 13.6. The molecule has 0 saturated carbocycles. The van der Waals surface area contributed by atoms with Gasteiger partial charge in [-0.1, -0.05) is 48.5 Å². The SMILES string of the molecule is Cc1ccc(Cc2cncc(CCc3ccc(C)c4ccccc34)c2)c(C)n1. The zero-order chi connectivity index (χ0) is 19.5. The lowest BCUT2D eigenvalue weighted by Gasteiger charge is -2.10. The van der Waals surface area contributed by atoms with E-state index in [9.17, 15) is 0 Å². The monoisotopic (exact) mass is 366 g/mol. The summed E-state index contributed by atoms with van der Waals surface area (Å²) in [4.78, 5) is 9.08. The fraction of sp³-hybridized carbons (Fsp3) is 0.231. The lowest BCUT2D eigenvalue weighted by Crippen LogP contribution is -1.99. The smallest absolute Gasteiger partial charge is 0.0411 e. The predicted molar refractivity (Wildman–Crippen MR) is 117 cm³/mol. The molecule has 4 rings (SSSR count). The molecule has 0 fully saturated rings. The second kappa shape index (κ2) is 7.93. The highest BCUT2D eigenvalue weighted by atomic mass is 14.7. The van der Waals surface area contributed by atoms with Gasteiger partial charge in [-0.05, 0) is 78.3 Å². The van der Waals surface area contributed by atoms with Crippen LogP contribution in [0.5, 0.6) is 0 Å². The van der Waals surface area contributed by atoms with Gasteiger partial charge in [-0.25, -0.2) is 0 Å². The Hall–Kier alpha value is -3.00. The summed E-state index contributed by atoms with van der Waals surface area (Å²) in [5.74, 6) is 0. The summed E-state index contributed by atoms with van der Waals surface area (Å²) >= 11 is 0. The van der Waals surface area contributed by atoms with Gasteiger partial charge in [0.25, 0.3) is 0 Å². The molecule has 0 amide bonds. The van der Waals surface area contributed by atoms with Crippen LogP contribution in [0.2, 0.25) is 0 Å². The van der Waals surface area contributed by atoms with Gasteiger partial charge in [0.05, 0.1) is 0 Å². The minimum absolute atomic E-state index is 0.882. The van der Waals surface area contributed by atoms with Gasteiger partial charge in [-0.2, -0.15) is 0 Å². The Labute approximate surface area is 167 Å². The predicted octanol–water partition coefficient (Wildman–Crippen LogP) is 5.93. The van der Waals surface area contributed by atoms with Crippen LogP contribution < -0.4 is 0 Å². The molecule has 0 aliphatic carbocycles. The summed E-state index contributed by atoms with van der Waals surface area (Å²) in [6.45, 7) is 6.30. The van der Waals surface area contributed by atoms with Crippen molar-refractivity contribution in [1.82, 2.24) is 9.97 Å². The molecular weight excluding hydrogens is 340 g/mol. The van der Waals surface area contributed by atoms with Crippen molar-refractivity contribution in [2.75, 3.05) is 0 Å². The molecule has 0 aliphatic rings. The number of pyridine rings is 2. The Kier molecular flexibility index (Phi) is 5.21. The Morgan fingerprint density at radius 2 is 1.46 bits per heavy atom. The molecule has 2 heterocycles. The second-order valence-electron chi connectivity index (χ2n) is 7.66. The van der Waals surface area contributed by atoms with Crippen LogP contribution in [-0.2, 0) is 19.3 Å². The molecule has 0 saturated heterocycles. The second-order valence-corrected chi connectivity index (χ2v) is 7.66. The zero-order valence-corrected chi connectivity index (χ0v) is 16.9. The van der Waals surface area contributed by atoms with Crippen molar-refractivity contribution in [3.8, 4) is 0 Å². The number of hydrogen-bond donors (Lipinski definition) is 0. The van der Waals surface area contributed by atoms with Crippen LogP contribution in [-0.4, -0.2) is 9.97 Å². The van der Waals surface area contributed by atoms with E-state index in [0.717, 1.165) is 30.7 Å². The quantitative estimate of drug-likeness (QED) is 0.437. The molecule has 0 aliphatic heterocycles. The minimum Gasteiger partial charge on any atom is -0.264 e. The number of aromatic nitrogens is 2. The Morgan fingerprint density at radius 3 is 2.29 bits per heavy atom. The molecule has 0 unspecified atom stereocenters. The standard InChI is InChI=1S/C26H26N2/c1-18-8-11-23(26-7-5-4-6-25(18)26)13-10-21-14-22(17-27-16-21)15-24-12-9-19(2)28-20(24)3/h4-9,11-12,14,16-17H,10,13,15H2,1-3H3. The summed E-state index contributed by atoms with van der Waals surface area (Å²) in [5, 5.41) is 2.72. The average Bonchev–Trinajstić information content (AvgIpc) is 2.70. The van der Waals surface area contributed by atoms with Crippen molar-refractivity contribution in [3.05, 3.63) is 106 Å². The third kappa shape index (κ3) is 3.96. The molecule has 140 valence electrons. The van der Waals surface area contributed by atoms with Crippen LogP contribution in [0.1, 0.15) is 39.2 Å². The van der Waals surface area contributed by atoms with E-state index in [1.165, 1.54) is 38.6 Å². The minimum atomic E-state index is 0.882. The molecular formula is C26H26N2. The van der Waals surface area contributed by atoms with Crippen LogP contribution in [0.4, 0.5) is 0 Å². The highest BCUT2D eigenvalue weighted by Gasteiger charge is 2.06. The highest BCUT2D eigenvalue weighted by molar-refractivity contribution is 5.88. The molecule has 0 N–H and O–H groups in total. The van der Waals surface area contributed by atoms with Crippen LogP contribution >= 0.6 is 0 Å². The van der Waals surface area contributed by atoms with Crippen LogP contribution in [0, 0.1) is 20.8 Å². The largest absolute Gasteiger partial charge is 0.264 e. The Bertz CT molecular complexity index is 1130. The first kappa shape index (κ1) is 18.4. The van der Waals surface area contributed by atoms with Crippen LogP contribution in [0.3, 0.4) is 0 Å². The van der Waals surface area contributed by atoms with E-state index in [2.05, 4.69) is 78.4 Å². The summed E-state index contributed by atoms with van der Waals surface area (Å²) in [6.07, 6.45) is 6.88. The van der Waals surface area contributed by atoms with Gasteiger partial charge in [0.2, 0.25) is 0 Å². The molecule has 2 aromatic carbocycles. The number of aryl methyl sites for hydroxylation is 5. The maximum Gasteiger partial charge on any atom is 0.0411 e. The first-order valence-corrected chi connectivity index (χ1v) is 9.93. The topological polar surface area (TPSA) is 25.8 Å². The number of rotatable bonds is 5. The molecule has 4 aromatic rings. The van der Waals surface area contributed by atoms with Crippen molar-refractivity contribution in [2.45, 2.75) is 40.0 Å². The fourth-order valence-electron chi connectivity index (χ4n) is 3.91. The lowest BCUT2D eigenvalue weighted by atomic mass is 9.96. The molecule has 0 bridgehead atoms. The van der Waals surface area contributed by atoms with Crippen LogP contribution in [0.15, 0.2) is 67.0 Å². The van der Waals surface area contributed by atoms with Crippen molar-refractivity contribution in [3.63, 3.8) is 0 Å². The highest BCUT2D eigenvalue weighted by Crippen LogP contribution is 2.24. The number of benzene rings is 2. The Balaban J connectivity index is 1.52. The third-order valence-electron chi connectivity index (χ3n) is 5.50. The maximum atomic E-state index is 4.58. The maximum absolute atomic E-state index is 4.58. The van der Waals surface area contributed by atoms with E-state index >= 15 is 0 Å². The van der Waals surface area contributed by atoms with Crippen molar-refractivity contribution >= 4 is 10.8 Å². The molecule has 2 nitrogen and oxygen atoms in total. The van der Waals surface area contributed by atoms with Crippen molar-refractivity contribution < 1.29 is 0 Å². The normalized spacial score (nSPS) is 11.1. The average molecular weight is 367 g/mol. The Morgan fingerprint density at radius 1 is 0.714 bits per heavy atom. The van der Waals surface area contributed by atoms with Gasteiger partial charge in [0.1, 0.15) is 0 Å². The number of hydrogen-bond acceptors (Lipinski definition) is 2. The van der Waals surface area contributed by atoms with Gasteiger partial charge in [0, 0.05) is 30.2 Å². The van der Waals surface area contributed by atoms with E-state index in [4.69, 9.17) is 0 Å². The zero-order valence-electron chi connectivity index (χ0n) is 16.9. The molecule has 0 spiro atoms. The van der Waals surface area contributed by atoms with Gasteiger partial charge < -0.3 is 0 Å². The van der Waals surface area contributed by atoms with E-state index in [1.807, 2.05) is 19.3 Å². The van der Waals surface area contributed by atoms with Crippen molar-refractivity contribution in [2.24, 2.45) is 0 Å². The molecule has 28 heavy (non-hydrogen) atoms. The van der Waals surface area contributed by atoms with Gasteiger partial charge in [-0.15, -0.1) is 0 Å².